The van der Waals surface area contributed by atoms with Crippen LogP contribution in [0.5, 0.6) is 11.5 Å². The van der Waals surface area contributed by atoms with Crippen molar-refractivity contribution < 1.29 is 9.47 Å². The molecule has 6 rings (SSSR count). The molecular formula is C28H23N7O3. The molecule has 38 heavy (non-hydrogen) atoms. The molecular weight excluding hydrogens is 482 g/mol. The lowest BCUT2D eigenvalue weighted by molar-refractivity contribution is 0.174. The van der Waals surface area contributed by atoms with E-state index in [1.54, 1.807) is 4.57 Å². The molecule has 3 heterocycles. The Morgan fingerprint density at radius 3 is 2.53 bits per heavy atom. The minimum atomic E-state index is -0.0682. The largest absolute Gasteiger partial charge is 0.454 e. The minimum absolute atomic E-state index is 0.0682. The van der Waals surface area contributed by atoms with Crippen molar-refractivity contribution in [2.45, 2.75) is 13.3 Å². The second kappa shape index (κ2) is 10.3. The van der Waals surface area contributed by atoms with Gasteiger partial charge in [0.05, 0.1) is 22.8 Å². The number of nitriles is 1. The fraction of sp³-hybridized carbons (Fsp3) is 0.107. The highest BCUT2D eigenvalue weighted by atomic mass is 16.7. The Hall–Kier alpha value is -5.43. The summed E-state index contributed by atoms with van der Waals surface area (Å²) >= 11 is 0. The third-order valence-electron chi connectivity index (χ3n) is 5.94. The van der Waals surface area contributed by atoms with E-state index >= 15 is 0 Å². The predicted octanol–water partition coefficient (Wildman–Crippen LogP) is 3.86. The zero-order valence-corrected chi connectivity index (χ0v) is 20.5. The van der Waals surface area contributed by atoms with Gasteiger partial charge in [-0.15, -0.1) is 0 Å². The van der Waals surface area contributed by atoms with Crippen LogP contribution in [0.15, 0.2) is 77.7 Å². The number of aryl methyl sites for hydroxylation is 1. The van der Waals surface area contributed by atoms with Gasteiger partial charge in [-0.25, -0.2) is 9.97 Å². The van der Waals surface area contributed by atoms with Crippen LogP contribution in [-0.2, 0) is 6.42 Å². The Bertz CT molecular complexity index is 1740. The Labute approximate surface area is 217 Å². The molecule has 0 amide bonds. The molecule has 0 atom stereocenters. The number of nitrogens with two attached hydrogens (primary N) is 2. The van der Waals surface area contributed by atoms with Crippen LogP contribution in [0.4, 0.5) is 11.8 Å². The first kappa shape index (κ1) is 24.3. The molecule has 10 nitrogen and oxygen atoms in total. The van der Waals surface area contributed by atoms with Gasteiger partial charge in [0.2, 0.25) is 12.7 Å². The van der Waals surface area contributed by atoms with Crippen molar-refractivity contribution in [2.24, 2.45) is 0 Å². The lowest BCUT2D eigenvalue weighted by atomic mass is 10.0. The fourth-order valence-electron chi connectivity index (χ4n) is 4.16. The zero-order chi connectivity index (χ0) is 26.6. The van der Waals surface area contributed by atoms with E-state index in [0.29, 0.717) is 23.1 Å². The molecule has 0 spiro atoms. The van der Waals surface area contributed by atoms with Gasteiger partial charge in [0.15, 0.2) is 11.5 Å². The lowest BCUT2D eigenvalue weighted by Crippen LogP contribution is -2.24. The first-order chi connectivity index (χ1) is 18.5. The van der Waals surface area contributed by atoms with Crippen molar-refractivity contribution in [2.75, 3.05) is 18.3 Å². The van der Waals surface area contributed by atoms with Crippen LogP contribution in [0.25, 0.3) is 27.7 Å². The van der Waals surface area contributed by atoms with Gasteiger partial charge >= 0.3 is 0 Å². The third kappa shape index (κ3) is 4.56. The van der Waals surface area contributed by atoms with Crippen molar-refractivity contribution in [1.82, 2.24) is 19.5 Å². The number of ether oxygens (including phenoxy) is 2. The number of para-hydroxylation sites is 1. The molecule has 5 aromatic rings. The van der Waals surface area contributed by atoms with E-state index in [2.05, 4.69) is 9.97 Å². The first-order valence-corrected chi connectivity index (χ1v) is 11.8. The number of anilines is 2. The number of hydrogen-bond acceptors (Lipinski definition) is 9. The Balaban J connectivity index is 0.000000249. The second-order valence-electron chi connectivity index (χ2n) is 8.26. The smallest absolute Gasteiger partial charge is 0.266 e. The Kier molecular flexibility index (Phi) is 6.57. The Morgan fingerprint density at radius 2 is 1.79 bits per heavy atom. The maximum absolute atomic E-state index is 13.6. The average Bonchev–Trinajstić information content (AvgIpc) is 3.41. The van der Waals surface area contributed by atoms with Gasteiger partial charge in [0.25, 0.3) is 5.56 Å². The molecule has 2 aromatic heterocycles. The highest BCUT2D eigenvalue weighted by Gasteiger charge is 2.18. The molecule has 0 radical (unpaired) electrons. The normalized spacial score (nSPS) is 11.5. The SMILES string of the molecule is CCc1nc2cccc(-c3ccc4c(c3)OCO4)c2c(=O)n1-c1ccccc1.N#Cc1cnc(N)nc1N. The summed E-state index contributed by atoms with van der Waals surface area (Å²) in [5.41, 5.74) is 13.9. The number of fused-ring (bicyclic) bond motifs is 2. The molecule has 1 aliphatic heterocycles. The first-order valence-electron chi connectivity index (χ1n) is 11.8. The summed E-state index contributed by atoms with van der Waals surface area (Å²) in [6.45, 7) is 2.23. The highest BCUT2D eigenvalue weighted by Crippen LogP contribution is 2.37. The van der Waals surface area contributed by atoms with E-state index in [-0.39, 0.29) is 29.7 Å². The molecule has 1 aliphatic rings. The summed E-state index contributed by atoms with van der Waals surface area (Å²) in [5, 5.41) is 8.96. The summed E-state index contributed by atoms with van der Waals surface area (Å²) in [6, 6.07) is 23.0. The zero-order valence-electron chi connectivity index (χ0n) is 20.5. The van der Waals surface area contributed by atoms with E-state index in [4.69, 9.17) is 31.2 Å². The van der Waals surface area contributed by atoms with Gasteiger partial charge in [0, 0.05) is 6.42 Å². The van der Waals surface area contributed by atoms with Crippen LogP contribution in [0.2, 0.25) is 0 Å². The van der Waals surface area contributed by atoms with Gasteiger partial charge in [-0.1, -0.05) is 43.3 Å². The number of nitrogen functional groups attached to an aromatic ring is 2. The summed E-state index contributed by atoms with van der Waals surface area (Å²) in [4.78, 5) is 25.5. The van der Waals surface area contributed by atoms with Crippen LogP contribution in [0.3, 0.4) is 0 Å². The molecule has 0 aliphatic carbocycles. The second-order valence-corrected chi connectivity index (χ2v) is 8.26. The highest BCUT2D eigenvalue weighted by molar-refractivity contribution is 5.94. The predicted molar refractivity (Wildman–Crippen MR) is 144 cm³/mol. The van der Waals surface area contributed by atoms with Crippen LogP contribution in [0, 0.1) is 11.3 Å². The van der Waals surface area contributed by atoms with E-state index in [1.165, 1.54) is 6.20 Å². The molecule has 3 aromatic carbocycles. The third-order valence-corrected chi connectivity index (χ3v) is 5.94. The molecule has 188 valence electrons. The van der Waals surface area contributed by atoms with Gasteiger partial charge in [-0.05, 0) is 41.5 Å². The topological polar surface area (TPSA) is 155 Å². The van der Waals surface area contributed by atoms with Crippen LogP contribution >= 0.6 is 0 Å². The standard InChI is InChI=1S/C23H18N2O3.C5H5N5/c1-2-21-24-18-10-6-9-17(15-11-12-19-20(13-15)28-14-27-19)22(18)23(26)25(21)16-7-4-3-5-8-16;6-1-3-2-9-5(8)10-4(3)7/h3-13H,2,14H2,1H3;2H,(H4,7,8,9,10). The summed E-state index contributed by atoms with van der Waals surface area (Å²) in [5.74, 6) is 2.35. The van der Waals surface area contributed by atoms with Crippen molar-refractivity contribution in [3.63, 3.8) is 0 Å². The quantitative estimate of drug-likeness (QED) is 0.372. The van der Waals surface area contributed by atoms with Gasteiger partial charge in [0.1, 0.15) is 23.3 Å². The van der Waals surface area contributed by atoms with Crippen LogP contribution in [-0.4, -0.2) is 26.3 Å². The van der Waals surface area contributed by atoms with E-state index < -0.39 is 0 Å². The van der Waals surface area contributed by atoms with Gasteiger partial charge < -0.3 is 20.9 Å². The molecule has 0 bridgehead atoms. The number of rotatable bonds is 3. The minimum Gasteiger partial charge on any atom is -0.454 e. The number of hydrogen-bond donors (Lipinski definition) is 2. The summed E-state index contributed by atoms with van der Waals surface area (Å²) in [7, 11) is 0. The van der Waals surface area contributed by atoms with Crippen molar-refractivity contribution in [1.29, 1.82) is 5.26 Å². The van der Waals surface area contributed by atoms with Crippen LogP contribution in [0.1, 0.15) is 18.3 Å². The molecule has 0 unspecified atom stereocenters. The van der Waals surface area contributed by atoms with E-state index in [0.717, 1.165) is 28.4 Å². The molecule has 10 heteroatoms. The lowest BCUT2D eigenvalue weighted by Gasteiger charge is -2.14. The van der Waals surface area contributed by atoms with Crippen molar-refractivity contribution >= 4 is 22.7 Å². The van der Waals surface area contributed by atoms with Crippen molar-refractivity contribution in [3.05, 3.63) is 94.7 Å². The van der Waals surface area contributed by atoms with Crippen LogP contribution < -0.4 is 26.5 Å². The monoisotopic (exact) mass is 505 g/mol. The summed E-state index contributed by atoms with van der Waals surface area (Å²) in [6.07, 6.45) is 1.95. The maximum atomic E-state index is 13.6. The molecule has 0 saturated carbocycles. The number of aromatic nitrogens is 4. The Morgan fingerprint density at radius 1 is 1.00 bits per heavy atom. The number of benzene rings is 3. The van der Waals surface area contributed by atoms with Gasteiger partial charge in [-0.3, -0.25) is 9.36 Å². The average molecular weight is 506 g/mol. The fourth-order valence-corrected chi connectivity index (χ4v) is 4.16. The summed E-state index contributed by atoms with van der Waals surface area (Å²) < 4.78 is 12.6. The molecule has 0 saturated heterocycles. The van der Waals surface area contributed by atoms with Gasteiger partial charge in [-0.2, -0.15) is 10.2 Å². The van der Waals surface area contributed by atoms with Crippen molar-refractivity contribution in [3.8, 4) is 34.4 Å². The maximum Gasteiger partial charge on any atom is 0.266 e. The van der Waals surface area contributed by atoms with E-state index in [9.17, 15) is 4.79 Å². The van der Waals surface area contributed by atoms with E-state index in [1.807, 2.05) is 79.7 Å². The molecule has 0 fully saturated rings. The number of nitrogens with zero attached hydrogens (tertiary/aromatic N) is 5. The molecule has 4 N–H and O–H groups in total.